The fourth-order valence-electron chi connectivity index (χ4n) is 4.59. The molecule has 422 valence electrons. The summed E-state index contributed by atoms with van der Waals surface area (Å²) >= 11 is 0. The average molecular weight is 1090 g/mol. The zero-order valence-electron chi connectivity index (χ0n) is 39.7. The van der Waals surface area contributed by atoms with Crippen molar-refractivity contribution in [2.45, 2.75) is 134 Å². The van der Waals surface area contributed by atoms with Crippen molar-refractivity contribution in [3.05, 3.63) is 0 Å². The van der Waals surface area contributed by atoms with Crippen LogP contribution in [-0.2, 0) is 105 Å². The van der Waals surface area contributed by atoms with Crippen molar-refractivity contribution >= 4 is 102 Å². The Morgan fingerprint density at radius 1 is 0.573 bits per heavy atom. The molecule has 0 aromatic rings. The van der Waals surface area contributed by atoms with Crippen LogP contribution < -0.4 is 22.3 Å². The number of hydrogen-bond donors (Lipinski definition) is 12. The lowest BCUT2D eigenvalue weighted by atomic mass is 10.1. The second-order valence-corrected chi connectivity index (χ2v) is 14.0. The van der Waals surface area contributed by atoms with Crippen molar-refractivity contribution in [3.8, 4) is 0 Å². The van der Waals surface area contributed by atoms with Gasteiger partial charge < -0.3 is 71.9 Å². The van der Waals surface area contributed by atoms with E-state index in [-0.39, 0.29) is 63.7 Å². The maximum atomic E-state index is 11.5. The summed E-state index contributed by atoms with van der Waals surface area (Å²) in [7, 11) is 0. The number of hydrogen-bond acceptors (Lipinski definition) is 25. The molecule has 4 atom stereocenters. The van der Waals surface area contributed by atoms with Gasteiger partial charge in [-0.2, -0.15) is 19.2 Å². The van der Waals surface area contributed by atoms with E-state index in [1.54, 1.807) is 0 Å². The second kappa shape index (κ2) is 46.3. The highest BCUT2D eigenvalue weighted by Gasteiger charge is 2.45. The normalized spacial score (nSPS) is 14.6. The van der Waals surface area contributed by atoms with Crippen LogP contribution in [0.4, 0.5) is 0 Å². The number of carboxylic acid groups (broad SMARTS) is 8. The number of likely N-dealkylation sites (tertiary alicyclic amines) is 1. The van der Waals surface area contributed by atoms with Crippen LogP contribution in [0.3, 0.4) is 0 Å². The van der Waals surface area contributed by atoms with Gasteiger partial charge in [-0.05, 0) is 25.7 Å². The third-order valence-electron chi connectivity index (χ3n) is 7.87. The zero-order valence-corrected chi connectivity index (χ0v) is 39.7. The molecule has 35 nitrogen and oxygen atoms in total. The Labute approximate surface area is 421 Å². The van der Waals surface area contributed by atoms with Crippen LogP contribution in [0.2, 0.25) is 0 Å². The second-order valence-electron chi connectivity index (χ2n) is 14.0. The van der Waals surface area contributed by atoms with E-state index < -0.39 is 133 Å². The summed E-state index contributed by atoms with van der Waals surface area (Å²) in [4.78, 5) is 194. The number of rotatable bonds is 24. The Hall–Kier alpha value is -8.75. The van der Waals surface area contributed by atoms with Crippen LogP contribution >= 0.6 is 0 Å². The Kier molecular flexibility index (Phi) is 46.4. The lowest BCUT2D eigenvalue weighted by Crippen LogP contribution is -2.42. The third kappa shape index (κ3) is 48.7. The highest BCUT2D eigenvalue weighted by molar-refractivity contribution is 6.08. The molecule has 0 bridgehead atoms. The first kappa shape index (κ1) is 75.2. The number of carbonyl (C=O) groups is 15. The number of amides is 3. The molecule has 75 heavy (non-hydrogen) atoms. The van der Waals surface area contributed by atoms with Gasteiger partial charge in [0.1, 0.15) is 24.2 Å². The summed E-state index contributed by atoms with van der Waals surface area (Å²) < 4.78 is 8.34. The molecule has 3 heterocycles. The highest BCUT2D eigenvalue weighted by Crippen LogP contribution is 2.22. The summed E-state index contributed by atoms with van der Waals surface area (Å²) in [6, 6.07) is -4.98. The number of unbranched alkanes of at least 4 members (excludes halogenated alkanes) is 3. The van der Waals surface area contributed by atoms with Gasteiger partial charge in [0.25, 0.3) is 0 Å². The van der Waals surface area contributed by atoms with Crippen LogP contribution in [0.1, 0.15) is 110 Å². The first-order chi connectivity index (χ1) is 34.9. The maximum absolute atomic E-state index is 11.5. The summed E-state index contributed by atoms with van der Waals surface area (Å²) in [6.45, 7) is 3.19. The lowest BCUT2D eigenvalue weighted by Gasteiger charge is -2.16. The number of hydroxylamine groups is 1. The van der Waals surface area contributed by atoms with E-state index >= 15 is 0 Å². The first-order valence-corrected chi connectivity index (χ1v) is 21.1. The van der Waals surface area contributed by atoms with Gasteiger partial charge in [-0.25, -0.2) is 15.1 Å². The van der Waals surface area contributed by atoms with Crippen LogP contribution in [0, 0.1) is 0 Å². The predicted molar refractivity (Wildman–Crippen MR) is 230 cm³/mol. The molecule has 3 saturated heterocycles. The van der Waals surface area contributed by atoms with Gasteiger partial charge in [0, 0.05) is 38.6 Å². The van der Waals surface area contributed by atoms with Crippen LogP contribution in [0.25, 0.3) is 0 Å². The number of nitrogens with two attached hydrogens (primary N) is 2. The molecule has 14 N–H and O–H groups in total. The minimum absolute atomic E-state index is 0.0628. The molecule has 0 radical (unpaired) electrons. The molecule has 3 amide bonds. The molecular formula is C40H57N5O30. The van der Waals surface area contributed by atoms with Crippen LogP contribution in [0.15, 0.2) is 0 Å². The monoisotopic (exact) mass is 1090 g/mol. The fourth-order valence-corrected chi connectivity index (χ4v) is 4.59. The van der Waals surface area contributed by atoms with Crippen molar-refractivity contribution in [3.63, 3.8) is 0 Å². The standard InChI is InChI=1S/C12H22N2O6.C8H7NO5.C6H10O4.2C4H7NO4.C4H4O3.2CO2/c1-2-13-20-7-5-3-4-6-10(15)14-9(12(18)19)8-11(16)17;10-5-1-2-6(11)9(5)4-3-7(12)14-8(4)13;7-5(8)3-1-2-4-6(9)10;2*5-2(4(8)9)1-3(6)7;5-3-1-2-4(6)7-3;2*2-1-3/h9,13H,2-8H2,1H3,(H,14,15)(H,16,17)(H,18,19);4H,1-3H2;1-4H2,(H,7,8)(H,9,10);2*2H,1,5H2,(H,6,7)(H,8,9);1-2H2;;. The van der Waals surface area contributed by atoms with E-state index in [1.807, 2.05) is 6.92 Å². The summed E-state index contributed by atoms with van der Waals surface area (Å²) in [6.07, 6.45) is 2.69. The van der Waals surface area contributed by atoms with Crippen molar-refractivity contribution in [1.82, 2.24) is 15.7 Å². The molecule has 0 spiro atoms. The van der Waals surface area contributed by atoms with Crippen molar-refractivity contribution < 1.29 is 146 Å². The SMILES string of the molecule is CCNOCCCCCC(=O)NC(CC(=O)O)C(=O)O.NC(CC(=O)O)C(=O)O.NC(CC(=O)O)C(=O)O.O=C(O)CCCCC(=O)O.O=C1CC(N2C(=O)CCC2=O)C(=O)O1.O=C1CCC(=O)O1.O=C=O.O=C=O. The fraction of sp³-hybridized carbons (Fsp3) is 0.575. The van der Waals surface area contributed by atoms with Gasteiger partial charge in [-0.3, -0.25) is 67.2 Å². The van der Waals surface area contributed by atoms with Crippen molar-refractivity contribution in [1.29, 1.82) is 0 Å². The number of nitrogens with one attached hydrogen (secondary N) is 2. The number of carboxylic acids is 8. The van der Waals surface area contributed by atoms with E-state index in [9.17, 15) is 71.9 Å². The smallest absolute Gasteiger partial charge is 0.373 e. The number of cyclic esters (lactones) is 4. The van der Waals surface area contributed by atoms with E-state index in [0.29, 0.717) is 25.9 Å². The quantitative estimate of drug-likeness (QED) is 0.0145. The minimum Gasteiger partial charge on any atom is -0.481 e. The lowest BCUT2D eigenvalue weighted by molar-refractivity contribution is -0.193. The number of esters is 4. The van der Waals surface area contributed by atoms with Crippen LogP contribution in [0.5, 0.6) is 0 Å². The average Bonchev–Trinajstić information content (AvgIpc) is 3.96. The summed E-state index contributed by atoms with van der Waals surface area (Å²) in [5.74, 6) is -12.9. The Morgan fingerprint density at radius 2 is 0.973 bits per heavy atom. The molecule has 0 aromatic heterocycles. The number of imide groups is 1. The molecule has 3 rings (SSSR count). The molecule has 0 saturated carbocycles. The van der Waals surface area contributed by atoms with Gasteiger partial charge in [-0.1, -0.05) is 13.3 Å². The maximum Gasteiger partial charge on any atom is 0.373 e. The third-order valence-corrected chi connectivity index (χ3v) is 7.87. The molecule has 4 unspecified atom stereocenters. The molecule has 0 aliphatic carbocycles. The van der Waals surface area contributed by atoms with E-state index in [2.05, 4.69) is 20.3 Å². The van der Waals surface area contributed by atoms with Crippen molar-refractivity contribution in [2.24, 2.45) is 11.5 Å². The summed E-state index contributed by atoms with van der Waals surface area (Å²) in [5, 5.41) is 67.8. The van der Waals surface area contributed by atoms with Gasteiger partial charge in [-0.15, -0.1) is 0 Å². The zero-order chi connectivity index (χ0) is 59.2. The summed E-state index contributed by atoms with van der Waals surface area (Å²) in [5.41, 5.74) is 12.4. The topological polar surface area (TPSA) is 593 Å². The Balaban J connectivity index is -0.000000264. The number of aliphatic carboxylic acids is 8. The minimum atomic E-state index is -1.38. The highest BCUT2D eigenvalue weighted by atomic mass is 16.6. The van der Waals surface area contributed by atoms with E-state index in [1.165, 1.54) is 0 Å². The molecule has 3 aliphatic heterocycles. The Bertz CT molecular complexity index is 1920. The van der Waals surface area contributed by atoms with Gasteiger partial charge in [0.15, 0.2) is 0 Å². The van der Waals surface area contributed by atoms with E-state index in [0.717, 1.165) is 24.3 Å². The van der Waals surface area contributed by atoms with Crippen LogP contribution in [-0.4, -0.2) is 185 Å². The molecule has 0 aromatic carbocycles. The molecule has 35 heteroatoms. The number of carbonyl (C=O) groups excluding carboxylic acids is 11. The molecule has 3 fully saturated rings. The van der Waals surface area contributed by atoms with E-state index in [4.69, 9.17) is 76.3 Å². The largest absolute Gasteiger partial charge is 0.481 e. The predicted octanol–water partition coefficient (Wildman–Crippen LogP) is -3.75. The van der Waals surface area contributed by atoms with Gasteiger partial charge in [0.2, 0.25) is 17.7 Å². The Morgan fingerprint density at radius 3 is 1.25 bits per heavy atom. The first-order valence-electron chi connectivity index (χ1n) is 21.1. The number of nitrogens with zero attached hydrogens (tertiary/aromatic N) is 1. The van der Waals surface area contributed by atoms with Crippen molar-refractivity contribution in [2.75, 3.05) is 13.2 Å². The van der Waals surface area contributed by atoms with Gasteiger partial charge >= 0.3 is 83.9 Å². The molecular weight excluding hydrogens is 1030 g/mol. The molecule has 3 aliphatic rings. The van der Waals surface area contributed by atoms with Gasteiger partial charge in [0.05, 0.1) is 45.1 Å². The number of ether oxygens (including phenoxy) is 2.